The molecule has 0 aliphatic carbocycles. The molecule has 23 heavy (non-hydrogen) atoms. The molecule has 2 aromatic carbocycles. The molecule has 2 aromatic rings. The van der Waals surface area contributed by atoms with E-state index in [1.807, 2.05) is 43.4 Å². The topological polar surface area (TPSA) is 59.0 Å². The van der Waals surface area contributed by atoms with E-state index in [1.165, 1.54) is 0 Å². The zero-order chi connectivity index (χ0) is 16.4. The second-order valence-electron chi connectivity index (χ2n) is 5.28. The predicted octanol–water partition coefficient (Wildman–Crippen LogP) is 4.49. The molecule has 0 amide bonds. The molecule has 1 heterocycles. The number of fused-ring (bicyclic) bond motifs is 1. The zero-order valence-electron chi connectivity index (χ0n) is 12.8. The van der Waals surface area contributed by atoms with Crippen molar-refractivity contribution in [1.82, 2.24) is 5.32 Å². The summed E-state index contributed by atoms with van der Waals surface area (Å²) >= 11 is 6.29. The van der Waals surface area contributed by atoms with Crippen molar-refractivity contribution in [2.75, 3.05) is 28.7 Å². The monoisotopic (exact) mass is 353 g/mol. The molecule has 3 N–H and O–H groups in total. The first kappa shape index (κ1) is 16.4. The van der Waals surface area contributed by atoms with Crippen molar-refractivity contribution in [2.45, 2.75) is 6.42 Å². The summed E-state index contributed by atoms with van der Waals surface area (Å²) in [6.45, 7) is 1.35. The average Bonchev–Trinajstić information content (AvgIpc) is 2.76. The molecule has 0 unspecified atom stereocenters. The average molecular weight is 354 g/mol. The second kappa shape index (κ2) is 6.59. The molecule has 0 spiro atoms. The lowest BCUT2D eigenvalue weighted by Crippen LogP contribution is -2.33. The Hall–Kier alpha value is -1.44. The van der Waals surface area contributed by atoms with Crippen molar-refractivity contribution < 1.29 is 9.11 Å². The third-order valence-electron chi connectivity index (χ3n) is 3.77. The second-order valence-corrected chi connectivity index (χ2v) is 7.48. The molecule has 7 heteroatoms. The quantitative estimate of drug-likeness (QED) is 0.691. The molecule has 0 aromatic heterocycles. The van der Waals surface area contributed by atoms with Gasteiger partial charge in [0.1, 0.15) is 0 Å². The van der Waals surface area contributed by atoms with E-state index in [1.54, 1.807) is 20.7 Å². The van der Waals surface area contributed by atoms with E-state index in [4.69, 9.17) is 11.6 Å². The summed E-state index contributed by atoms with van der Waals surface area (Å²) in [4.78, 5) is 0. The zero-order valence-corrected chi connectivity index (χ0v) is 14.4. The lowest BCUT2D eigenvalue weighted by Gasteiger charge is -2.44. The Morgan fingerprint density at radius 3 is 2.26 bits per heavy atom. The van der Waals surface area contributed by atoms with Crippen LogP contribution in [0.15, 0.2) is 48.5 Å². The van der Waals surface area contributed by atoms with Gasteiger partial charge in [-0.3, -0.25) is 13.4 Å². The Bertz CT molecular complexity index is 699. The number of rotatable bonds is 5. The van der Waals surface area contributed by atoms with Crippen molar-refractivity contribution in [3.8, 4) is 0 Å². The van der Waals surface area contributed by atoms with Crippen molar-refractivity contribution >= 4 is 39.6 Å². The Balaban J connectivity index is 2.05. The van der Waals surface area contributed by atoms with Crippen molar-refractivity contribution in [3.63, 3.8) is 0 Å². The van der Waals surface area contributed by atoms with Crippen LogP contribution in [0.1, 0.15) is 6.42 Å². The molecular weight excluding hydrogens is 334 g/mol. The predicted molar refractivity (Wildman–Crippen MR) is 98.8 cm³/mol. The summed E-state index contributed by atoms with van der Waals surface area (Å²) in [5, 5.41) is 3.57. The van der Waals surface area contributed by atoms with E-state index in [0.29, 0.717) is 17.3 Å². The smallest absolute Gasteiger partial charge is 0.0896 e. The molecular formula is C16H20ClN3O2S. The van der Waals surface area contributed by atoms with Gasteiger partial charge in [0, 0.05) is 6.54 Å². The molecule has 0 bridgehead atoms. The first-order valence-electron chi connectivity index (χ1n) is 7.41. The Labute approximate surface area is 143 Å². The maximum Gasteiger partial charge on any atom is 0.0896 e. The van der Waals surface area contributed by atoms with Crippen molar-refractivity contribution in [1.29, 1.82) is 0 Å². The van der Waals surface area contributed by atoms with Crippen LogP contribution in [0.4, 0.5) is 17.1 Å². The summed E-state index contributed by atoms with van der Waals surface area (Å²) < 4.78 is 25.1. The number of halogens is 1. The van der Waals surface area contributed by atoms with Crippen LogP contribution in [0.5, 0.6) is 0 Å². The maximum atomic E-state index is 10.9. The minimum Gasteiger partial charge on any atom is -0.320 e. The lowest BCUT2D eigenvalue weighted by molar-refractivity contribution is 0.483. The van der Waals surface area contributed by atoms with Gasteiger partial charge in [-0.05, 0) is 55.2 Å². The fourth-order valence-electron chi connectivity index (χ4n) is 2.73. The third-order valence-corrected chi connectivity index (χ3v) is 5.94. The van der Waals surface area contributed by atoms with Crippen LogP contribution in [0, 0.1) is 0 Å². The SMILES string of the molecule is CNCCCN1c2ccccc2N(c2ccccc2Cl)S1(O)O. The fraction of sp³-hybridized carbons (Fsp3) is 0.250. The number of anilines is 3. The van der Waals surface area contributed by atoms with Crippen LogP contribution in [0.3, 0.4) is 0 Å². The number of hydrogen-bond donors (Lipinski definition) is 3. The van der Waals surface area contributed by atoms with E-state index >= 15 is 0 Å². The normalized spacial score (nSPS) is 17.2. The minimum atomic E-state index is -3.19. The van der Waals surface area contributed by atoms with E-state index in [9.17, 15) is 9.11 Å². The first-order chi connectivity index (χ1) is 11.1. The van der Waals surface area contributed by atoms with Gasteiger partial charge in [0.25, 0.3) is 0 Å². The van der Waals surface area contributed by atoms with Gasteiger partial charge in [-0.15, -0.1) is 0 Å². The van der Waals surface area contributed by atoms with E-state index in [-0.39, 0.29) is 0 Å². The van der Waals surface area contributed by atoms with E-state index in [0.717, 1.165) is 24.3 Å². The van der Waals surface area contributed by atoms with E-state index in [2.05, 4.69) is 5.32 Å². The lowest BCUT2D eigenvalue weighted by atomic mass is 10.2. The summed E-state index contributed by atoms with van der Waals surface area (Å²) in [5.74, 6) is 0. The first-order valence-corrected chi connectivity index (χ1v) is 9.25. The highest BCUT2D eigenvalue weighted by Crippen LogP contribution is 2.64. The highest BCUT2D eigenvalue weighted by atomic mass is 35.5. The van der Waals surface area contributed by atoms with Crippen LogP contribution in [0.2, 0.25) is 5.02 Å². The molecule has 1 aliphatic rings. The van der Waals surface area contributed by atoms with Gasteiger partial charge in [-0.1, -0.05) is 35.9 Å². The van der Waals surface area contributed by atoms with Crippen molar-refractivity contribution in [3.05, 3.63) is 53.6 Å². The summed E-state index contributed by atoms with van der Waals surface area (Å²) in [6.07, 6.45) is 0.803. The molecule has 5 nitrogen and oxygen atoms in total. The molecule has 0 saturated heterocycles. The fourth-order valence-corrected chi connectivity index (χ4v) is 4.83. The Morgan fingerprint density at radius 1 is 1.00 bits per heavy atom. The number of hydrogen-bond acceptors (Lipinski definition) is 5. The molecule has 0 saturated carbocycles. The number of para-hydroxylation sites is 3. The van der Waals surface area contributed by atoms with E-state index < -0.39 is 11.0 Å². The van der Waals surface area contributed by atoms with Gasteiger partial charge in [-0.25, -0.2) is 4.31 Å². The Kier molecular flexibility index (Phi) is 4.70. The van der Waals surface area contributed by atoms with Gasteiger partial charge in [-0.2, -0.15) is 0 Å². The summed E-state index contributed by atoms with van der Waals surface area (Å²) in [5.41, 5.74) is 2.16. The maximum absolute atomic E-state index is 10.9. The van der Waals surface area contributed by atoms with Gasteiger partial charge >= 0.3 is 0 Å². The number of nitrogens with one attached hydrogen (secondary N) is 1. The molecule has 3 rings (SSSR count). The largest absolute Gasteiger partial charge is 0.320 e. The van der Waals surface area contributed by atoms with Crippen molar-refractivity contribution in [2.24, 2.45) is 0 Å². The molecule has 1 aliphatic heterocycles. The van der Waals surface area contributed by atoms with Crippen LogP contribution in [0.25, 0.3) is 0 Å². The molecule has 0 fully saturated rings. The summed E-state index contributed by atoms with van der Waals surface area (Å²) in [7, 11) is -1.31. The van der Waals surface area contributed by atoms with Crippen LogP contribution in [-0.2, 0) is 0 Å². The highest BCUT2D eigenvalue weighted by Gasteiger charge is 2.41. The van der Waals surface area contributed by atoms with Crippen LogP contribution >= 0.6 is 22.6 Å². The Morgan fingerprint density at radius 2 is 1.61 bits per heavy atom. The molecule has 124 valence electrons. The highest BCUT2D eigenvalue weighted by molar-refractivity contribution is 8.27. The minimum absolute atomic E-state index is 0.486. The number of nitrogens with zero attached hydrogens (tertiary/aromatic N) is 2. The van der Waals surface area contributed by atoms with Crippen LogP contribution < -0.4 is 13.9 Å². The van der Waals surface area contributed by atoms with Crippen LogP contribution in [-0.4, -0.2) is 29.2 Å². The summed E-state index contributed by atoms with van der Waals surface area (Å²) in [6, 6.07) is 14.8. The van der Waals surface area contributed by atoms with Gasteiger partial charge in [0.2, 0.25) is 0 Å². The van der Waals surface area contributed by atoms with Gasteiger partial charge in [0.15, 0.2) is 0 Å². The number of benzene rings is 2. The molecule has 0 radical (unpaired) electrons. The van der Waals surface area contributed by atoms with Gasteiger partial charge in [0.05, 0.1) is 22.1 Å². The molecule has 0 atom stereocenters. The standard InChI is InChI=1S/C16H20ClN3O2S/c1-18-11-6-12-19-15-9-4-5-10-16(15)20(23(19,21)22)14-8-3-2-7-13(14)17/h2-5,7-10,18,21-22H,6,11-12H2,1H3. The third kappa shape index (κ3) is 2.88. The van der Waals surface area contributed by atoms with Gasteiger partial charge < -0.3 is 5.32 Å².